The summed E-state index contributed by atoms with van der Waals surface area (Å²) in [6.07, 6.45) is 1.11. The van der Waals surface area contributed by atoms with E-state index in [0.717, 1.165) is 11.8 Å². The molecule has 0 amide bonds. The summed E-state index contributed by atoms with van der Waals surface area (Å²) in [4.78, 5) is 3.99. The largest absolute Gasteiger partial charge is 0.497 e. The minimum absolute atomic E-state index is 0.234. The predicted molar refractivity (Wildman–Crippen MR) is 62.1 cm³/mol. The second-order valence-corrected chi connectivity index (χ2v) is 3.55. The molecule has 0 atom stereocenters. The van der Waals surface area contributed by atoms with Gasteiger partial charge in [-0.25, -0.2) is 4.39 Å². The van der Waals surface area contributed by atoms with Gasteiger partial charge in [-0.15, -0.1) is 0 Å². The van der Waals surface area contributed by atoms with Gasteiger partial charge in [0.15, 0.2) is 0 Å². The van der Waals surface area contributed by atoms with E-state index in [-0.39, 0.29) is 12.2 Å². The lowest BCUT2D eigenvalue weighted by Gasteiger charge is -2.06. The topological polar surface area (TPSA) is 42.4 Å². The number of methoxy groups -OCH3 is 1. The first-order chi connectivity index (χ1) is 8.24. The van der Waals surface area contributed by atoms with Gasteiger partial charge in [0.25, 0.3) is 0 Å². The highest BCUT2D eigenvalue weighted by atomic mass is 19.1. The molecule has 1 aromatic heterocycles. The molecule has 1 heterocycles. The van der Waals surface area contributed by atoms with Gasteiger partial charge < -0.3 is 9.84 Å². The summed E-state index contributed by atoms with van der Waals surface area (Å²) in [7, 11) is 1.58. The van der Waals surface area contributed by atoms with Crippen LogP contribution in [0.5, 0.6) is 5.75 Å². The summed E-state index contributed by atoms with van der Waals surface area (Å²) in [6.45, 7) is -0.342. The van der Waals surface area contributed by atoms with Crippen molar-refractivity contribution in [1.82, 2.24) is 4.98 Å². The van der Waals surface area contributed by atoms with Crippen LogP contribution in [0.15, 0.2) is 36.5 Å². The first-order valence-corrected chi connectivity index (χ1v) is 5.14. The molecule has 0 saturated carbocycles. The number of pyridine rings is 1. The van der Waals surface area contributed by atoms with Crippen LogP contribution >= 0.6 is 0 Å². The third-order valence-corrected chi connectivity index (χ3v) is 2.47. The zero-order valence-corrected chi connectivity index (χ0v) is 9.35. The fraction of sp³-hybridized carbons (Fsp3) is 0.154. The number of ether oxygens (including phenoxy) is 1. The molecule has 0 radical (unpaired) electrons. The Hall–Kier alpha value is -1.94. The molecule has 17 heavy (non-hydrogen) atoms. The van der Waals surface area contributed by atoms with Gasteiger partial charge in [-0.1, -0.05) is 12.1 Å². The second-order valence-electron chi connectivity index (χ2n) is 3.55. The normalized spacial score (nSPS) is 10.3. The van der Waals surface area contributed by atoms with Crippen LogP contribution in [0.25, 0.3) is 11.3 Å². The average Bonchev–Trinajstić information content (AvgIpc) is 2.39. The van der Waals surface area contributed by atoms with Gasteiger partial charge in [-0.2, -0.15) is 0 Å². The number of aromatic nitrogens is 1. The third-order valence-electron chi connectivity index (χ3n) is 2.47. The van der Waals surface area contributed by atoms with Gasteiger partial charge in [-0.3, -0.25) is 4.98 Å². The summed E-state index contributed by atoms with van der Waals surface area (Å²) in [5.41, 5.74) is 1.66. The van der Waals surface area contributed by atoms with Crippen molar-refractivity contribution in [2.75, 3.05) is 7.11 Å². The van der Waals surface area contributed by atoms with Crippen LogP contribution in [0, 0.1) is 5.82 Å². The molecule has 0 fully saturated rings. The van der Waals surface area contributed by atoms with Crippen LogP contribution in [0.4, 0.5) is 4.39 Å². The molecule has 0 unspecified atom stereocenters. The fourth-order valence-corrected chi connectivity index (χ4v) is 1.54. The third kappa shape index (κ3) is 2.42. The molecule has 88 valence electrons. The van der Waals surface area contributed by atoms with Crippen molar-refractivity contribution in [2.24, 2.45) is 0 Å². The maximum absolute atomic E-state index is 13.2. The Bertz CT molecular complexity index is 529. The zero-order chi connectivity index (χ0) is 12.3. The van der Waals surface area contributed by atoms with Gasteiger partial charge in [-0.05, 0) is 18.2 Å². The number of benzene rings is 1. The Balaban J connectivity index is 2.45. The highest BCUT2D eigenvalue weighted by Gasteiger charge is 2.06. The smallest absolute Gasteiger partial charge is 0.147 e. The van der Waals surface area contributed by atoms with Crippen LogP contribution in [0.2, 0.25) is 0 Å². The Morgan fingerprint density at radius 2 is 2.18 bits per heavy atom. The van der Waals surface area contributed by atoms with E-state index in [1.165, 1.54) is 6.07 Å². The summed E-state index contributed by atoms with van der Waals surface area (Å²) in [5, 5.41) is 9.00. The molecule has 2 rings (SSSR count). The van der Waals surface area contributed by atoms with Gasteiger partial charge in [0.1, 0.15) is 11.6 Å². The van der Waals surface area contributed by atoms with Crippen LogP contribution in [0.1, 0.15) is 5.56 Å². The Morgan fingerprint density at radius 3 is 2.88 bits per heavy atom. The summed E-state index contributed by atoms with van der Waals surface area (Å²) in [6, 6.07) is 8.84. The molecular weight excluding hydrogens is 221 g/mol. The van der Waals surface area contributed by atoms with Crippen molar-refractivity contribution < 1.29 is 14.2 Å². The van der Waals surface area contributed by atoms with E-state index in [0.29, 0.717) is 11.4 Å². The van der Waals surface area contributed by atoms with Crippen LogP contribution < -0.4 is 4.74 Å². The first kappa shape index (κ1) is 11.5. The lowest BCUT2D eigenvalue weighted by Crippen LogP contribution is -1.94. The zero-order valence-electron chi connectivity index (χ0n) is 9.35. The molecule has 3 nitrogen and oxygen atoms in total. The highest BCUT2D eigenvalue weighted by Crippen LogP contribution is 2.23. The van der Waals surface area contributed by atoms with E-state index < -0.39 is 5.82 Å². The first-order valence-electron chi connectivity index (χ1n) is 5.14. The minimum Gasteiger partial charge on any atom is -0.497 e. The van der Waals surface area contributed by atoms with Crippen LogP contribution in [-0.4, -0.2) is 17.2 Å². The fourth-order valence-electron chi connectivity index (χ4n) is 1.54. The molecular formula is C13H12FNO2. The summed E-state index contributed by atoms with van der Waals surface area (Å²) in [5.74, 6) is 0.207. The molecule has 0 aliphatic rings. The average molecular weight is 233 g/mol. The Labute approximate surface area is 98.5 Å². The van der Waals surface area contributed by atoms with Crippen LogP contribution in [-0.2, 0) is 6.61 Å². The maximum atomic E-state index is 13.2. The number of aliphatic hydroxyl groups is 1. The summed E-state index contributed by atoms with van der Waals surface area (Å²) >= 11 is 0. The van der Waals surface area contributed by atoms with Gasteiger partial charge in [0.05, 0.1) is 25.6 Å². The van der Waals surface area contributed by atoms with Crippen molar-refractivity contribution in [3.05, 3.63) is 47.9 Å². The molecule has 2 aromatic rings. The van der Waals surface area contributed by atoms with Crippen molar-refractivity contribution in [1.29, 1.82) is 0 Å². The lowest BCUT2D eigenvalue weighted by atomic mass is 10.1. The standard InChI is InChI=1S/C13H12FNO2/c1-17-11-4-2-3-9(5-11)13-6-10(8-16)12(14)7-15-13/h2-7,16H,8H2,1H3. The van der Waals surface area contributed by atoms with Gasteiger partial charge >= 0.3 is 0 Å². The Kier molecular flexibility index (Phi) is 3.35. The van der Waals surface area contributed by atoms with E-state index in [2.05, 4.69) is 4.98 Å². The van der Waals surface area contributed by atoms with Gasteiger partial charge in [0.2, 0.25) is 0 Å². The van der Waals surface area contributed by atoms with Crippen molar-refractivity contribution in [2.45, 2.75) is 6.61 Å². The molecule has 0 spiro atoms. The Morgan fingerprint density at radius 1 is 1.35 bits per heavy atom. The van der Waals surface area contributed by atoms with Crippen molar-refractivity contribution in [3.8, 4) is 17.0 Å². The van der Waals surface area contributed by atoms with E-state index in [9.17, 15) is 4.39 Å². The highest BCUT2D eigenvalue weighted by molar-refractivity contribution is 5.61. The molecule has 4 heteroatoms. The van der Waals surface area contributed by atoms with Gasteiger partial charge in [0, 0.05) is 11.1 Å². The molecule has 1 aromatic carbocycles. The molecule has 0 aliphatic heterocycles. The monoisotopic (exact) mass is 233 g/mol. The van der Waals surface area contributed by atoms with Crippen LogP contribution in [0.3, 0.4) is 0 Å². The SMILES string of the molecule is COc1cccc(-c2cc(CO)c(F)cn2)c1. The van der Waals surface area contributed by atoms with E-state index >= 15 is 0 Å². The predicted octanol–water partition coefficient (Wildman–Crippen LogP) is 2.39. The number of hydrogen-bond acceptors (Lipinski definition) is 3. The molecule has 0 saturated heterocycles. The summed E-state index contributed by atoms with van der Waals surface area (Å²) < 4.78 is 18.3. The number of hydrogen-bond donors (Lipinski definition) is 1. The quantitative estimate of drug-likeness (QED) is 0.885. The second kappa shape index (κ2) is 4.93. The van der Waals surface area contributed by atoms with E-state index in [4.69, 9.17) is 9.84 Å². The minimum atomic E-state index is -0.501. The van der Waals surface area contributed by atoms with E-state index in [1.54, 1.807) is 13.2 Å². The number of halogens is 1. The number of rotatable bonds is 3. The van der Waals surface area contributed by atoms with Crippen molar-refractivity contribution in [3.63, 3.8) is 0 Å². The number of aliphatic hydroxyl groups excluding tert-OH is 1. The maximum Gasteiger partial charge on any atom is 0.147 e. The molecule has 1 N–H and O–H groups in total. The molecule has 0 bridgehead atoms. The van der Waals surface area contributed by atoms with Crippen molar-refractivity contribution >= 4 is 0 Å². The van der Waals surface area contributed by atoms with E-state index in [1.807, 2.05) is 18.2 Å². The molecule has 0 aliphatic carbocycles. The number of nitrogens with zero attached hydrogens (tertiary/aromatic N) is 1. The lowest BCUT2D eigenvalue weighted by molar-refractivity contribution is 0.275.